The fourth-order valence-corrected chi connectivity index (χ4v) is 8.30. The minimum absolute atomic E-state index is 0.156. The quantitative estimate of drug-likeness (QED) is 0.0197. The molecule has 0 aromatic carbocycles. The van der Waals surface area contributed by atoms with E-state index in [9.17, 15) is 37.9 Å². The van der Waals surface area contributed by atoms with Crippen molar-refractivity contribution in [3.8, 4) is 0 Å². The first kappa shape index (κ1) is 58.1. The number of ether oxygens (including phenoxy) is 4. The number of esters is 2. The number of unbranched alkanes of at least 4 members (excludes halogenated alkanes) is 26. The Morgan fingerprint density at radius 1 is 0.532 bits per heavy atom. The summed E-state index contributed by atoms with van der Waals surface area (Å²) in [5, 5.41) is 30.9. The van der Waals surface area contributed by atoms with E-state index in [2.05, 4.69) is 38.2 Å². The van der Waals surface area contributed by atoms with Crippen molar-refractivity contribution in [1.29, 1.82) is 0 Å². The maximum Gasteiger partial charge on any atom is 0.306 e. The first-order valence-corrected chi connectivity index (χ1v) is 26.5. The molecule has 0 aromatic rings. The van der Waals surface area contributed by atoms with Gasteiger partial charge >= 0.3 is 11.9 Å². The molecule has 1 rings (SSSR count). The third kappa shape index (κ3) is 33.6. The van der Waals surface area contributed by atoms with Gasteiger partial charge in [0.05, 0.1) is 6.61 Å². The van der Waals surface area contributed by atoms with Crippen LogP contribution in [-0.4, -0.2) is 96.0 Å². The van der Waals surface area contributed by atoms with E-state index >= 15 is 0 Å². The number of aliphatic hydroxyl groups excluding tert-OH is 3. The van der Waals surface area contributed by atoms with Crippen molar-refractivity contribution >= 4 is 22.1 Å². The van der Waals surface area contributed by atoms with Crippen molar-refractivity contribution in [2.75, 3.05) is 19.0 Å². The zero-order valence-corrected chi connectivity index (χ0v) is 39.8. The molecule has 2 unspecified atom stereocenters. The summed E-state index contributed by atoms with van der Waals surface area (Å²) >= 11 is 0. The molecule has 1 aliphatic heterocycles. The third-order valence-corrected chi connectivity index (χ3v) is 12.3. The lowest BCUT2D eigenvalue weighted by Gasteiger charge is -2.40. The topological polar surface area (TPSA) is 186 Å². The molecule has 1 aliphatic rings. The second-order valence-corrected chi connectivity index (χ2v) is 19.0. The van der Waals surface area contributed by atoms with Crippen LogP contribution in [0.1, 0.15) is 219 Å². The summed E-state index contributed by atoms with van der Waals surface area (Å²) in [6.07, 6.45) is 35.1. The summed E-state index contributed by atoms with van der Waals surface area (Å²) < 4.78 is 54.1. The summed E-state index contributed by atoms with van der Waals surface area (Å²) in [4.78, 5) is 25.5. The highest BCUT2D eigenvalue weighted by molar-refractivity contribution is 7.85. The Labute approximate surface area is 377 Å². The third-order valence-electron chi connectivity index (χ3n) is 11.5. The molecule has 0 aliphatic carbocycles. The van der Waals surface area contributed by atoms with E-state index in [1.165, 1.54) is 122 Å². The minimum atomic E-state index is -4.60. The average Bonchev–Trinajstić information content (AvgIpc) is 3.24. The van der Waals surface area contributed by atoms with Gasteiger partial charge in [0.25, 0.3) is 10.1 Å². The number of carbonyl (C=O) groups excluding carboxylic acids is 2. The molecule has 1 heterocycles. The number of hydrogen-bond donors (Lipinski definition) is 4. The van der Waals surface area contributed by atoms with Gasteiger partial charge in [0.1, 0.15) is 36.8 Å². The zero-order valence-electron chi connectivity index (χ0n) is 39.0. The lowest BCUT2D eigenvalue weighted by molar-refractivity contribution is -0.297. The van der Waals surface area contributed by atoms with Crippen LogP contribution in [0.2, 0.25) is 0 Å². The van der Waals surface area contributed by atoms with Crippen LogP contribution in [0.25, 0.3) is 0 Å². The largest absolute Gasteiger partial charge is 0.462 e. The molecule has 13 heteroatoms. The molecular weight excluding hydrogens is 813 g/mol. The summed E-state index contributed by atoms with van der Waals surface area (Å²) in [6.45, 7) is 3.75. The Morgan fingerprint density at radius 2 is 0.919 bits per heavy atom. The summed E-state index contributed by atoms with van der Waals surface area (Å²) in [5.74, 6) is -1.99. The molecule has 364 valence electrons. The number of carbonyl (C=O) groups is 2. The number of rotatable bonds is 42. The van der Waals surface area contributed by atoms with E-state index in [1.807, 2.05) is 0 Å². The van der Waals surface area contributed by atoms with Crippen LogP contribution >= 0.6 is 0 Å². The molecule has 0 amide bonds. The highest BCUT2D eigenvalue weighted by Gasteiger charge is 2.46. The summed E-state index contributed by atoms with van der Waals surface area (Å²) in [7, 11) is -4.60. The second kappa shape index (κ2) is 39.5. The van der Waals surface area contributed by atoms with E-state index in [0.29, 0.717) is 12.8 Å². The van der Waals surface area contributed by atoms with Crippen LogP contribution in [0.3, 0.4) is 0 Å². The number of allylic oxidation sites excluding steroid dienone is 4. The van der Waals surface area contributed by atoms with Crippen molar-refractivity contribution in [2.24, 2.45) is 0 Å². The van der Waals surface area contributed by atoms with Gasteiger partial charge in [-0.05, 0) is 64.2 Å². The van der Waals surface area contributed by atoms with Crippen LogP contribution in [-0.2, 0) is 38.7 Å². The van der Waals surface area contributed by atoms with Crippen LogP contribution in [0.4, 0.5) is 0 Å². The molecular formula is C49H90O12S. The molecule has 0 radical (unpaired) electrons. The van der Waals surface area contributed by atoms with Crippen LogP contribution < -0.4 is 0 Å². The highest BCUT2D eigenvalue weighted by Crippen LogP contribution is 2.24. The van der Waals surface area contributed by atoms with Gasteiger partial charge in [-0.15, -0.1) is 0 Å². The van der Waals surface area contributed by atoms with E-state index in [1.54, 1.807) is 0 Å². The minimum Gasteiger partial charge on any atom is -0.462 e. The molecule has 62 heavy (non-hydrogen) atoms. The smallest absolute Gasteiger partial charge is 0.306 e. The Hall–Kier alpha value is -1.87. The highest BCUT2D eigenvalue weighted by atomic mass is 32.2. The predicted molar refractivity (Wildman–Crippen MR) is 247 cm³/mol. The number of aliphatic hydroxyl groups is 3. The van der Waals surface area contributed by atoms with Crippen molar-refractivity contribution in [1.82, 2.24) is 0 Å². The first-order chi connectivity index (χ1) is 30.0. The summed E-state index contributed by atoms with van der Waals surface area (Å²) in [5.41, 5.74) is 0. The molecule has 0 aromatic heterocycles. The van der Waals surface area contributed by atoms with E-state index in [4.69, 9.17) is 18.9 Å². The predicted octanol–water partition coefficient (Wildman–Crippen LogP) is 10.8. The standard InChI is InChI=1S/C49H90O12S/c1-3-5-7-9-11-13-15-17-18-19-20-21-22-23-24-26-27-29-31-33-35-37-44(50)58-39-42(40-59-49-48(54)47(53)46(52)43(61-49)41-62(55,56)57)60-45(51)38-36-34-32-30-28-25-16-14-12-10-8-6-4-2/h14,16-18,42-43,46-49,52-54H,3-13,15,19-41H2,1-2H3,(H,55,56,57)/b16-14+,18-17+/t42-,43-,46-,47?,48?,49+/m1/s1. The maximum atomic E-state index is 12.8. The zero-order chi connectivity index (χ0) is 45.5. The van der Waals surface area contributed by atoms with Crippen LogP contribution in [0.5, 0.6) is 0 Å². The van der Waals surface area contributed by atoms with Crippen LogP contribution in [0.15, 0.2) is 24.3 Å². The molecule has 0 saturated carbocycles. The first-order valence-electron chi connectivity index (χ1n) is 24.9. The van der Waals surface area contributed by atoms with E-state index in [-0.39, 0.29) is 19.4 Å². The molecule has 0 spiro atoms. The lowest BCUT2D eigenvalue weighted by Crippen LogP contribution is -2.60. The van der Waals surface area contributed by atoms with Crippen molar-refractivity contribution in [2.45, 2.75) is 256 Å². The fraction of sp³-hybridized carbons (Fsp3) is 0.878. The van der Waals surface area contributed by atoms with Gasteiger partial charge in [0.2, 0.25) is 0 Å². The maximum absolute atomic E-state index is 12.8. The van der Waals surface area contributed by atoms with Gasteiger partial charge in [-0.2, -0.15) is 8.42 Å². The molecule has 1 saturated heterocycles. The second-order valence-electron chi connectivity index (χ2n) is 17.5. The molecule has 1 fully saturated rings. The van der Waals surface area contributed by atoms with Crippen LogP contribution in [0, 0.1) is 0 Å². The summed E-state index contributed by atoms with van der Waals surface area (Å²) in [6, 6.07) is 0. The average molecular weight is 903 g/mol. The van der Waals surface area contributed by atoms with Gasteiger partial charge in [0, 0.05) is 12.8 Å². The van der Waals surface area contributed by atoms with Gasteiger partial charge in [-0.25, -0.2) is 0 Å². The van der Waals surface area contributed by atoms with Gasteiger partial charge in [-0.3, -0.25) is 14.1 Å². The van der Waals surface area contributed by atoms with Gasteiger partial charge < -0.3 is 34.3 Å². The fourth-order valence-electron chi connectivity index (χ4n) is 7.61. The normalized spacial score (nSPS) is 20.0. The Morgan fingerprint density at radius 3 is 1.35 bits per heavy atom. The Balaban J connectivity index is 2.36. The van der Waals surface area contributed by atoms with Gasteiger partial charge in [0.15, 0.2) is 12.4 Å². The molecule has 4 N–H and O–H groups in total. The SMILES string of the molecule is CCCCCC/C=C/CCCCCCCC(=O)O[C@H](COC(=O)CCCCCCCCCCCCC/C=C/CCCCCCCC)CO[C@H]1O[C@H](CS(=O)(=O)O)[C@@H](O)C(O)C1O. The number of hydrogen-bond acceptors (Lipinski definition) is 11. The van der Waals surface area contributed by atoms with Gasteiger partial charge in [-0.1, -0.05) is 167 Å². The molecule has 12 nitrogen and oxygen atoms in total. The Bertz CT molecular complexity index is 1240. The van der Waals surface area contributed by atoms with E-state index in [0.717, 1.165) is 57.8 Å². The monoisotopic (exact) mass is 903 g/mol. The lowest BCUT2D eigenvalue weighted by atomic mass is 10.00. The van der Waals surface area contributed by atoms with Crippen molar-refractivity contribution < 1.29 is 56.8 Å². The molecule has 6 atom stereocenters. The van der Waals surface area contributed by atoms with Crippen molar-refractivity contribution in [3.05, 3.63) is 24.3 Å². The van der Waals surface area contributed by atoms with Crippen molar-refractivity contribution in [3.63, 3.8) is 0 Å². The molecule has 0 bridgehead atoms. The van der Waals surface area contributed by atoms with E-state index < -0.39 is 71.2 Å². The Kier molecular flexibility index (Phi) is 37.0.